The Bertz CT molecular complexity index is 819. The van der Waals surface area contributed by atoms with E-state index in [0.717, 1.165) is 25.5 Å². The van der Waals surface area contributed by atoms with E-state index in [1.807, 2.05) is 0 Å². The summed E-state index contributed by atoms with van der Waals surface area (Å²) in [7, 11) is -1.79. The Balaban J connectivity index is 1.62. The van der Waals surface area contributed by atoms with Crippen molar-refractivity contribution in [2.45, 2.75) is 25.4 Å². The molecule has 1 aliphatic rings. The van der Waals surface area contributed by atoms with Crippen LogP contribution in [0.25, 0.3) is 0 Å². The maximum atomic E-state index is 14.1. The van der Waals surface area contributed by atoms with Gasteiger partial charge in [0.2, 0.25) is 0 Å². The van der Waals surface area contributed by atoms with Gasteiger partial charge in [-0.15, -0.1) is 0 Å². The molecule has 2 aromatic rings. The fourth-order valence-corrected chi connectivity index (χ4v) is 3.32. The summed E-state index contributed by atoms with van der Waals surface area (Å²) in [5.41, 5.74) is 0.442. The van der Waals surface area contributed by atoms with Gasteiger partial charge < -0.3 is 15.4 Å². The Morgan fingerprint density at radius 1 is 1.19 bits per heavy atom. The smallest absolute Gasteiger partial charge is 0.423 e. The van der Waals surface area contributed by atoms with Gasteiger partial charge in [0.1, 0.15) is 11.6 Å². The average molecular weight is 374 g/mol. The SMILES string of the molecule is O=C(NC1CCCN(Cc2ccccc2F)C1)c1ccc(B(O)O)cc1F. The number of nitrogens with zero attached hydrogens (tertiary/aromatic N) is 1. The van der Waals surface area contributed by atoms with Crippen LogP contribution in [-0.4, -0.2) is 47.1 Å². The zero-order valence-electron chi connectivity index (χ0n) is 14.7. The molecule has 1 saturated heterocycles. The number of likely N-dealkylation sites (tertiary alicyclic amines) is 1. The summed E-state index contributed by atoms with van der Waals surface area (Å²) in [5.74, 6) is -1.61. The molecular weight excluding hydrogens is 353 g/mol. The third kappa shape index (κ3) is 4.91. The second kappa shape index (κ2) is 8.60. The van der Waals surface area contributed by atoms with Crippen molar-refractivity contribution < 1.29 is 23.6 Å². The van der Waals surface area contributed by atoms with Crippen molar-refractivity contribution in [2.75, 3.05) is 13.1 Å². The summed E-state index contributed by atoms with van der Waals surface area (Å²) in [6, 6.07) is 9.90. The van der Waals surface area contributed by atoms with E-state index in [9.17, 15) is 13.6 Å². The molecule has 27 heavy (non-hydrogen) atoms. The first-order valence-corrected chi connectivity index (χ1v) is 8.86. The van der Waals surface area contributed by atoms with E-state index in [1.54, 1.807) is 18.2 Å². The van der Waals surface area contributed by atoms with Crippen molar-refractivity contribution in [2.24, 2.45) is 0 Å². The highest BCUT2D eigenvalue weighted by Crippen LogP contribution is 2.16. The molecule has 1 atom stereocenters. The summed E-state index contributed by atoms with van der Waals surface area (Å²) in [5, 5.41) is 20.9. The van der Waals surface area contributed by atoms with E-state index in [-0.39, 0.29) is 22.9 Å². The second-order valence-corrected chi connectivity index (χ2v) is 6.75. The first kappa shape index (κ1) is 19.5. The van der Waals surface area contributed by atoms with Crippen LogP contribution in [0.5, 0.6) is 0 Å². The minimum Gasteiger partial charge on any atom is -0.423 e. The van der Waals surface area contributed by atoms with Gasteiger partial charge in [-0.1, -0.05) is 24.3 Å². The van der Waals surface area contributed by atoms with Gasteiger partial charge in [0.15, 0.2) is 0 Å². The van der Waals surface area contributed by atoms with E-state index < -0.39 is 18.8 Å². The number of amides is 1. The van der Waals surface area contributed by atoms with Gasteiger partial charge in [-0.05, 0) is 43.0 Å². The lowest BCUT2D eigenvalue weighted by Gasteiger charge is -2.33. The first-order valence-electron chi connectivity index (χ1n) is 8.86. The predicted molar refractivity (Wildman–Crippen MR) is 98.4 cm³/mol. The van der Waals surface area contributed by atoms with E-state index in [1.165, 1.54) is 18.2 Å². The molecule has 1 unspecified atom stereocenters. The number of piperidine rings is 1. The normalized spacial score (nSPS) is 17.6. The molecule has 5 nitrogen and oxygen atoms in total. The van der Waals surface area contributed by atoms with Crippen LogP contribution in [0.1, 0.15) is 28.8 Å². The maximum absolute atomic E-state index is 14.1. The van der Waals surface area contributed by atoms with Gasteiger partial charge in [0.25, 0.3) is 5.91 Å². The number of carbonyl (C=O) groups excluding carboxylic acids is 1. The Morgan fingerprint density at radius 2 is 1.96 bits per heavy atom. The summed E-state index contributed by atoms with van der Waals surface area (Å²) >= 11 is 0. The van der Waals surface area contributed by atoms with Crippen LogP contribution >= 0.6 is 0 Å². The Kier molecular flexibility index (Phi) is 6.21. The molecule has 0 spiro atoms. The van der Waals surface area contributed by atoms with Crippen molar-refractivity contribution in [3.8, 4) is 0 Å². The number of benzene rings is 2. The maximum Gasteiger partial charge on any atom is 0.488 e. The highest BCUT2D eigenvalue weighted by atomic mass is 19.1. The number of nitrogens with one attached hydrogen (secondary N) is 1. The van der Waals surface area contributed by atoms with Crippen LogP contribution in [-0.2, 0) is 6.54 Å². The molecule has 1 heterocycles. The first-order chi connectivity index (χ1) is 12.9. The van der Waals surface area contributed by atoms with E-state index >= 15 is 0 Å². The largest absolute Gasteiger partial charge is 0.488 e. The fraction of sp³-hybridized carbons (Fsp3) is 0.316. The number of carbonyl (C=O) groups is 1. The minimum atomic E-state index is -1.79. The molecule has 0 bridgehead atoms. The molecule has 3 N–H and O–H groups in total. The third-order valence-electron chi connectivity index (χ3n) is 4.73. The number of hydrogen-bond donors (Lipinski definition) is 3. The highest BCUT2D eigenvalue weighted by molar-refractivity contribution is 6.58. The van der Waals surface area contributed by atoms with Gasteiger partial charge in [0, 0.05) is 24.7 Å². The Labute approximate surface area is 156 Å². The summed E-state index contributed by atoms with van der Waals surface area (Å²) < 4.78 is 27.9. The van der Waals surface area contributed by atoms with Gasteiger partial charge in [-0.25, -0.2) is 8.78 Å². The minimum absolute atomic E-state index is 0.0159. The van der Waals surface area contributed by atoms with Crippen LogP contribution < -0.4 is 10.8 Å². The van der Waals surface area contributed by atoms with Crippen LogP contribution in [0.2, 0.25) is 0 Å². The molecule has 0 aliphatic carbocycles. The third-order valence-corrected chi connectivity index (χ3v) is 4.73. The zero-order valence-corrected chi connectivity index (χ0v) is 14.7. The number of hydrogen-bond acceptors (Lipinski definition) is 4. The zero-order chi connectivity index (χ0) is 19.4. The summed E-state index contributed by atoms with van der Waals surface area (Å²) in [6.45, 7) is 1.81. The molecule has 3 rings (SSSR count). The van der Waals surface area contributed by atoms with Crippen molar-refractivity contribution in [3.05, 3.63) is 65.2 Å². The molecule has 8 heteroatoms. The Morgan fingerprint density at radius 3 is 2.67 bits per heavy atom. The average Bonchev–Trinajstić information content (AvgIpc) is 2.63. The second-order valence-electron chi connectivity index (χ2n) is 6.75. The monoisotopic (exact) mass is 374 g/mol. The van der Waals surface area contributed by atoms with Gasteiger partial charge in [-0.3, -0.25) is 9.69 Å². The van der Waals surface area contributed by atoms with Crippen LogP contribution in [0.4, 0.5) is 8.78 Å². The molecule has 1 amide bonds. The lowest BCUT2D eigenvalue weighted by atomic mass is 9.80. The molecule has 0 radical (unpaired) electrons. The van der Waals surface area contributed by atoms with E-state index in [2.05, 4.69) is 10.2 Å². The standard InChI is InChI=1S/C19H21BF2N2O3/c21-17-6-2-1-4-13(17)11-24-9-3-5-15(12-24)23-19(25)16-8-7-14(20(26)27)10-18(16)22/h1-2,4,6-8,10,15,26-27H,3,5,9,11-12H2,(H,23,25). The van der Waals surface area contributed by atoms with Crippen LogP contribution in [0, 0.1) is 11.6 Å². The van der Waals surface area contributed by atoms with Crippen molar-refractivity contribution in [1.29, 1.82) is 0 Å². The Hall–Kier alpha value is -2.29. The molecule has 1 fully saturated rings. The lowest BCUT2D eigenvalue weighted by molar-refractivity contribution is 0.0896. The van der Waals surface area contributed by atoms with Gasteiger partial charge in [0.05, 0.1) is 5.56 Å². The van der Waals surface area contributed by atoms with Crippen LogP contribution in [0.3, 0.4) is 0 Å². The van der Waals surface area contributed by atoms with Gasteiger partial charge >= 0.3 is 7.12 Å². The topological polar surface area (TPSA) is 72.8 Å². The van der Waals surface area contributed by atoms with E-state index in [4.69, 9.17) is 10.0 Å². The summed E-state index contributed by atoms with van der Waals surface area (Å²) in [6.07, 6.45) is 1.60. The molecule has 0 aromatic heterocycles. The molecule has 0 saturated carbocycles. The van der Waals surface area contributed by atoms with Crippen molar-refractivity contribution in [1.82, 2.24) is 10.2 Å². The van der Waals surface area contributed by atoms with Crippen LogP contribution in [0.15, 0.2) is 42.5 Å². The van der Waals surface area contributed by atoms with Crippen molar-refractivity contribution >= 4 is 18.5 Å². The molecule has 142 valence electrons. The highest BCUT2D eigenvalue weighted by Gasteiger charge is 2.24. The van der Waals surface area contributed by atoms with Gasteiger partial charge in [-0.2, -0.15) is 0 Å². The molecule has 2 aromatic carbocycles. The van der Waals surface area contributed by atoms with Crippen molar-refractivity contribution in [3.63, 3.8) is 0 Å². The predicted octanol–water partition coefficient (Wildman–Crippen LogP) is 1.04. The lowest BCUT2D eigenvalue weighted by Crippen LogP contribution is -2.47. The molecule has 1 aliphatic heterocycles. The molecular formula is C19H21BF2N2O3. The summed E-state index contributed by atoms with van der Waals surface area (Å²) in [4.78, 5) is 14.4. The quantitative estimate of drug-likeness (QED) is 0.684. The number of halogens is 2. The fourth-order valence-electron chi connectivity index (χ4n) is 3.32. The number of rotatable bonds is 5. The van der Waals surface area contributed by atoms with E-state index in [0.29, 0.717) is 18.7 Å².